The van der Waals surface area contributed by atoms with Gasteiger partial charge in [-0.15, -0.1) is 0 Å². The molecule has 0 saturated carbocycles. The second-order valence-corrected chi connectivity index (χ2v) is 5.48. The maximum atomic E-state index is 11.4. The van der Waals surface area contributed by atoms with Crippen molar-refractivity contribution in [3.63, 3.8) is 0 Å². The Morgan fingerprint density at radius 3 is 2.19 bits per heavy atom. The Morgan fingerprint density at radius 1 is 1.31 bits per heavy atom. The first-order valence-corrected chi connectivity index (χ1v) is 6.49. The summed E-state index contributed by atoms with van der Waals surface area (Å²) >= 11 is 0. The van der Waals surface area contributed by atoms with Crippen LogP contribution in [0.5, 0.6) is 0 Å². The molecule has 0 spiro atoms. The van der Waals surface area contributed by atoms with Gasteiger partial charge in [0.15, 0.2) is 0 Å². The highest BCUT2D eigenvalue weighted by atomic mass is 32.2. The lowest BCUT2D eigenvalue weighted by atomic mass is 9.93. The molecule has 1 aromatic carbocycles. The number of amides is 1. The smallest absolute Gasteiger partial charge is 0.243 e. The first-order chi connectivity index (χ1) is 7.26. The fourth-order valence-corrected chi connectivity index (χ4v) is 2.35. The number of primary amides is 1. The molecular formula is C10H14N2O3S. The van der Waals surface area contributed by atoms with Crippen molar-refractivity contribution in [1.29, 1.82) is 0 Å². The van der Waals surface area contributed by atoms with Gasteiger partial charge in [0.1, 0.15) is 5.54 Å². The highest BCUT2D eigenvalue weighted by Crippen LogP contribution is 2.20. The van der Waals surface area contributed by atoms with Crippen molar-refractivity contribution >= 4 is 15.9 Å². The number of carbonyl (C=O) groups is 1. The fraction of sp³-hybridized carbons (Fsp3) is 0.300. The number of hydrogen-bond donors (Lipinski definition) is 2. The molecule has 0 saturated heterocycles. The van der Waals surface area contributed by atoms with E-state index in [0.717, 1.165) is 6.26 Å². The Bertz CT molecular complexity index is 484. The molecule has 6 heteroatoms. The second kappa shape index (κ2) is 4.23. The molecule has 1 aromatic rings. The molecule has 0 heterocycles. The fourth-order valence-electron chi connectivity index (χ4n) is 1.39. The molecule has 5 nitrogen and oxygen atoms in total. The molecule has 0 aliphatic heterocycles. The maximum absolute atomic E-state index is 11.4. The van der Waals surface area contributed by atoms with Gasteiger partial charge in [-0.3, -0.25) is 4.79 Å². The Labute approximate surface area is 94.7 Å². The lowest BCUT2D eigenvalue weighted by molar-refractivity contribution is -0.123. The van der Waals surface area contributed by atoms with Gasteiger partial charge < -0.3 is 5.73 Å². The van der Waals surface area contributed by atoms with Gasteiger partial charge in [-0.2, -0.15) is 4.72 Å². The van der Waals surface area contributed by atoms with Gasteiger partial charge in [0, 0.05) is 0 Å². The molecule has 1 atom stereocenters. The lowest BCUT2D eigenvalue weighted by Gasteiger charge is -2.26. The average Bonchev–Trinajstić information content (AvgIpc) is 2.16. The van der Waals surface area contributed by atoms with Crippen LogP contribution in [0.25, 0.3) is 0 Å². The lowest BCUT2D eigenvalue weighted by Crippen LogP contribution is -2.52. The Morgan fingerprint density at radius 2 is 1.81 bits per heavy atom. The number of rotatable bonds is 4. The molecule has 1 rings (SSSR count). The SMILES string of the molecule is CC(NS(C)(=O)=O)(C(N)=O)c1ccccc1. The molecule has 88 valence electrons. The molecule has 3 N–H and O–H groups in total. The van der Waals surface area contributed by atoms with Crippen molar-refractivity contribution < 1.29 is 13.2 Å². The van der Waals surface area contributed by atoms with Crippen LogP contribution in [-0.2, 0) is 20.4 Å². The van der Waals surface area contributed by atoms with Gasteiger partial charge >= 0.3 is 0 Å². The van der Waals surface area contributed by atoms with Gasteiger partial charge in [0.05, 0.1) is 6.26 Å². The summed E-state index contributed by atoms with van der Waals surface area (Å²) in [5.41, 5.74) is 4.33. The molecule has 1 amide bonds. The number of carbonyl (C=O) groups excluding carboxylic acids is 1. The topological polar surface area (TPSA) is 89.3 Å². The molecule has 0 radical (unpaired) electrons. The summed E-state index contributed by atoms with van der Waals surface area (Å²) in [7, 11) is -3.53. The zero-order chi connectivity index (χ0) is 12.4. The zero-order valence-electron chi connectivity index (χ0n) is 9.10. The molecule has 0 aromatic heterocycles. The minimum absolute atomic E-state index is 0.507. The molecule has 0 fully saturated rings. The van der Waals surface area contributed by atoms with Crippen LogP contribution >= 0.6 is 0 Å². The van der Waals surface area contributed by atoms with Crippen molar-refractivity contribution in [3.8, 4) is 0 Å². The standard InChI is InChI=1S/C10H14N2O3S/c1-10(9(11)13,12-16(2,14)15)8-6-4-3-5-7-8/h3-7,12H,1-2H3,(H2,11,13). The largest absolute Gasteiger partial charge is 0.368 e. The minimum Gasteiger partial charge on any atom is -0.368 e. The Kier molecular flexibility index (Phi) is 3.35. The summed E-state index contributed by atoms with van der Waals surface area (Å²) in [5.74, 6) is -0.746. The van der Waals surface area contributed by atoms with Crippen LogP contribution in [0.15, 0.2) is 30.3 Å². The summed E-state index contributed by atoms with van der Waals surface area (Å²) in [6, 6.07) is 8.47. The minimum atomic E-state index is -3.53. The highest BCUT2D eigenvalue weighted by molar-refractivity contribution is 7.88. The van der Waals surface area contributed by atoms with Crippen LogP contribution in [-0.4, -0.2) is 20.6 Å². The van der Waals surface area contributed by atoms with E-state index in [4.69, 9.17) is 5.73 Å². The van der Waals surface area contributed by atoms with E-state index in [-0.39, 0.29) is 0 Å². The summed E-state index contributed by atoms with van der Waals surface area (Å²) in [6.07, 6.45) is 0.983. The van der Waals surface area contributed by atoms with E-state index in [1.165, 1.54) is 6.92 Å². The normalized spacial score (nSPS) is 15.4. The number of benzene rings is 1. The van der Waals surface area contributed by atoms with Crippen molar-refractivity contribution in [2.75, 3.05) is 6.26 Å². The number of hydrogen-bond acceptors (Lipinski definition) is 3. The van der Waals surface area contributed by atoms with Gasteiger partial charge in [-0.25, -0.2) is 8.42 Å². The predicted octanol–water partition coefficient (Wildman–Crippen LogP) is -0.0637. The van der Waals surface area contributed by atoms with Gasteiger partial charge in [0.2, 0.25) is 15.9 Å². The summed E-state index contributed by atoms with van der Waals surface area (Å²) in [5, 5.41) is 0. The van der Waals surface area contributed by atoms with Gasteiger partial charge in [-0.1, -0.05) is 30.3 Å². The number of nitrogens with one attached hydrogen (secondary N) is 1. The number of sulfonamides is 1. The first kappa shape index (κ1) is 12.7. The van der Waals surface area contributed by atoms with Crippen LogP contribution in [0, 0.1) is 0 Å². The van der Waals surface area contributed by atoms with Crippen LogP contribution in [0.1, 0.15) is 12.5 Å². The van der Waals surface area contributed by atoms with Crippen LogP contribution < -0.4 is 10.5 Å². The van der Waals surface area contributed by atoms with Crippen molar-refractivity contribution in [2.45, 2.75) is 12.5 Å². The predicted molar refractivity (Wildman–Crippen MR) is 61.0 cm³/mol. The van der Waals surface area contributed by atoms with E-state index in [0.29, 0.717) is 5.56 Å². The van der Waals surface area contributed by atoms with E-state index < -0.39 is 21.5 Å². The summed E-state index contributed by atoms with van der Waals surface area (Å²) < 4.78 is 24.7. The van der Waals surface area contributed by atoms with Crippen LogP contribution in [0.2, 0.25) is 0 Å². The van der Waals surface area contributed by atoms with Gasteiger partial charge in [0.25, 0.3) is 0 Å². The van der Waals surface area contributed by atoms with Crippen molar-refractivity contribution in [3.05, 3.63) is 35.9 Å². The third-order valence-corrected chi connectivity index (χ3v) is 3.01. The van der Waals surface area contributed by atoms with Crippen molar-refractivity contribution in [2.24, 2.45) is 5.73 Å². The highest BCUT2D eigenvalue weighted by Gasteiger charge is 2.35. The van der Waals surface area contributed by atoms with Crippen LogP contribution in [0.3, 0.4) is 0 Å². The maximum Gasteiger partial charge on any atom is 0.243 e. The zero-order valence-corrected chi connectivity index (χ0v) is 9.91. The molecule has 1 unspecified atom stereocenters. The molecule has 16 heavy (non-hydrogen) atoms. The Balaban J connectivity index is 3.23. The van der Waals surface area contributed by atoms with E-state index in [1.54, 1.807) is 30.3 Å². The first-order valence-electron chi connectivity index (χ1n) is 4.60. The quantitative estimate of drug-likeness (QED) is 0.775. The third kappa shape index (κ3) is 2.80. The van der Waals surface area contributed by atoms with Crippen molar-refractivity contribution in [1.82, 2.24) is 4.72 Å². The summed E-state index contributed by atoms with van der Waals surface area (Å²) in [4.78, 5) is 11.4. The van der Waals surface area contributed by atoms with Gasteiger partial charge in [-0.05, 0) is 12.5 Å². The van der Waals surface area contributed by atoms with Crippen LogP contribution in [0.4, 0.5) is 0 Å². The summed E-state index contributed by atoms with van der Waals surface area (Å²) in [6.45, 7) is 1.44. The molecular weight excluding hydrogens is 228 g/mol. The monoisotopic (exact) mass is 242 g/mol. The molecule has 0 aliphatic carbocycles. The Hall–Kier alpha value is -1.40. The van der Waals surface area contributed by atoms with E-state index in [2.05, 4.69) is 4.72 Å². The number of nitrogens with two attached hydrogens (primary N) is 1. The molecule has 0 aliphatic rings. The molecule has 0 bridgehead atoms. The van der Waals surface area contributed by atoms with E-state index in [9.17, 15) is 13.2 Å². The van der Waals surface area contributed by atoms with E-state index in [1.807, 2.05) is 0 Å². The third-order valence-electron chi connectivity index (χ3n) is 2.23. The van der Waals surface area contributed by atoms with E-state index >= 15 is 0 Å². The average molecular weight is 242 g/mol. The second-order valence-electron chi connectivity index (χ2n) is 3.73.